The Hall–Kier alpha value is -0.610. The molecule has 1 aliphatic heterocycles. The van der Waals surface area contributed by atoms with Crippen LogP contribution >= 0.6 is 23.5 Å². The van der Waals surface area contributed by atoms with Crippen LogP contribution in [0.5, 0.6) is 0 Å². The Balaban J connectivity index is 1.54. The highest BCUT2D eigenvalue weighted by molar-refractivity contribution is 8.14. The van der Waals surface area contributed by atoms with E-state index in [1.54, 1.807) is 0 Å². The Morgan fingerprint density at radius 3 is 2.95 bits per heavy atom. The van der Waals surface area contributed by atoms with Crippen LogP contribution in [0.1, 0.15) is 37.8 Å². The lowest BCUT2D eigenvalue weighted by molar-refractivity contribution is 0.634. The van der Waals surface area contributed by atoms with E-state index in [1.165, 1.54) is 30.6 Å². The van der Waals surface area contributed by atoms with Crippen LogP contribution < -0.4 is 5.32 Å². The normalized spacial score (nSPS) is 29.4. The van der Waals surface area contributed by atoms with Crippen molar-refractivity contribution in [3.8, 4) is 0 Å². The van der Waals surface area contributed by atoms with Gasteiger partial charge in [-0.15, -0.1) is 0 Å². The maximum atomic E-state index is 4.85. The molecule has 2 nitrogen and oxygen atoms in total. The highest BCUT2D eigenvalue weighted by Gasteiger charge is 2.27. The largest absolute Gasteiger partial charge is 0.362 e. The predicted octanol–water partition coefficient (Wildman–Crippen LogP) is 4.09. The lowest BCUT2D eigenvalue weighted by Crippen LogP contribution is -2.30. The molecule has 3 atom stereocenters. The molecule has 108 valence electrons. The first kappa shape index (κ1) is 14.3. The first-order valence-corrected chi connectivity index (χ1v) is 9.52. The second-order valence-corrected chi connectivity index (χ2v) is 7.99. The van der Waals surface area contributed by atoms with Crippen molar-refractivity contribution < 1.29 is 0 Å². The summed E-state index contributed by atoms with van der Waals surface area (Å²) in [6.07, 6.45) is 3.96. The molecule has 0 radical (unpaired) electrons. The summed E-state index contributed by atoms with van der Waals surface area (Å²) in [6, 6.07) is 11.6. The smallest absolute Gasteiger partial charge is 0.157 e. The fourth-order valence-corrected chi connectivity index (χ4v) is 5.11. The highest BCUT2D eigenvalue weighted by Crippen LogP contribution is 2.33. The first-order valence-electron chi connectivity index (χ1n) is 7.49. The topological polar surface area (TPSA) is 24.4 Å². The van der Waals surface area contributed by atoms with Gasteiger partial charge in [-0.2, -0.15) is 11.8 Å². The second-order valence-electron chi connectivity index (χ2n) is 5.40. The quantitative estimate of drug-likeness (QED) is 0.906. The maximum Gasteiger partial charge on any atom is 0.157 e. The average molecular weight is 307 g/mol. The Labute approximate surface area is 130 Å². The number of rotatable bonds is 4. The van der Waals surface area contributed by atoms with Gasteiger partial charge in [-0.1, -0.05) is 49.0 Å². The van der Waals surface area contributed by atoms with E-state index in [2.05, 4.69) is 54.3 Å². The molecule has 1 heterocycles. The van der Waals surface area contributed by atoms with Crippen LogP contribution in [0.25, 0.3) is 0 Å². The average Bonchev–Trinajstić information content (AvgIpc) is 3.11. The van der Waals surface area contributed by atoms with E-state index in [-0.39, 0.29) is 0 Å². The van der Waals surface area contributed by atoms with Gasteiger partial charge in [0.1, 0.15) is 0 Å². The van der Waals surface area contributed by atoms with Gasteiger partial charge < -0.3 is 5.32 Å². The third kappa shape index (κ3) is 3.53. The van der Waals surface area contributed by atoms with Gasteiger partial charge in [-0.05, 0) is 30.6 Å². The lowest BCUT2D eigenvalue weighted by Gasteiger charge is -2.13. The van der Waals surface area contributed by atoms with Gasteiger partial charge in [0, 0.05) is 17.0 Å². The molecule has 0 saturated heterocycles. The molecule has 1 N–H and O–H groups in total. The van der Waals surface area contributed by atoms with E-state index in [0.717, 1.165) is 16.2 Å². The molecule has 3 rings (SSSR count). The first-order chi connectivity index (χ1) is 9.85. The van der Waals surface area contributed by atoms with Crippen molar-refractivity contribution in [2.75, 3.05) is 11.5 Å². The summed E-state index contributed by atoms with van der Waals surface area (Å²) in [5, 5.41) is 5.68. The predicted molar refractivity (Wildman–Crippen MR) is 91.8 cm³/mol. The summed E-state index contributed by atoms with van der Waals surface area (Å²) in [6.45, 7) is 2.26. The summed E-state index contributed by atoms with van der Waals surface area (Å²) in [5.74, 6) is 2.31. The van der Waals surface area contributed by atoms with E-state index in [1.807, 2.05) is 11.8 Å². The summed E-state index contributed by atoms with van der Waals surface area (Å²) in [5.41, 5.74) is 1.34. The molecule has 1 aromatic rings. The number of hydrogen-bond donors (Lipinski definition) is 1. The van der Waals surface area contributed by atoms with Crippen LogP contribution in [0, 0.1) is 0 Å². The summed E-state index contributed by atoms with van der Waals surface area (Å²) < 4.78 is 0. The van der Waals surface area contributed by atoms with Crippen LogP contribution in [-0.2, 0) is 0 Å². The van der Waals surface area contributed by atoms with E-state index in [0.29, 0.717) is 12.1 Å². The van der Waals surface area contributed by atoms with E-state index >= 15 is 0 Å². The van der Waals surface area contributed by atoms with Crippen molar-refractivity contribution in [2.24, 2.45) is 4.99 Å². The van der Waals surface area contributed by atoms with Crippen molar-refractivity contribution in [3.63, 3.8) is 0 Å². The molecule has 1 fully saturated rings. The summed E-state index contributed by atoms with van der Waals surface area (Å²) in [7, 11) is 0. The number of hydrogen-bond acceptors (Lipinski definition) is 4. The Bertz CT molecular complexity index is 461. The van der Waals surface area contributed by atoms with Crippen molar-refractivity contribution in [3.05, 3.63) is 35.9 Å². The molecule has 0 aromatic heterocycles. The Morgan fingerprint density at radius 2 is 2.15 bits per heavy atom. The molecular formula is C16H22N2S2. The number of amidine groups is 1. The van der Waals surface area contributed by atoms with Crippen LogP contribution in [0.3, 0.4) is 0 Å². The van der Waals surface area contributed by atoms with Crippen molar-refractivity contribution in [1.29, 1.82) is 0 Å². The van der Waals surface area contributed by atoms with Gasteiger partial charge in [-0.25, -0.2) is 0 Å². The molecule has 2 aliphatic rings. The molecule has 20 heavy (non-hydrogen) atoms. The lowest BCUT2D eigenvalue weighted by atomic mass is 10.1. The number of nitrogens with one attached hydrogen (secondary N) is 1. The van der Waals surface area contributed by atoms with Crippen molar-refractivity contribution in [2.45, 2.75) is 43.5 Å². The third-order valence-corrected chi connectivity index (χ3v) is 6.16. The van der Waals surface area contributed by atoms with Gasteiger partial charge in [-0.3, -0.25) is 4.99 Å². The highest BCUT2D eigenvalue weighted by atomic mass is 32.2. The van der Waals surface area contributed by atoms with Crippen molar-refractivity contribution >= 4 is 28.7 Å². The number of nitrogens with zero attached hydrogens (tertiary/aromatic N) is 1. The van der Waals surface area contributed by atoms with E-state index < -0.39 is 0 Å². The molecule has 1 aliphatic carbocycles. The maximum absolute atomic E-state index is 4.85. The molecule has 4 heteroatoms. The van der Waals surface area contributed by atoms with Crippen LogP contribution in [0.4, 0.5) is 0 Å². The number of thioether (sulfide) groups is 2. The molecule has 1 aromatic carbocycles. The minimum Gasteiger partial charge on any atom is -0.362 e. The van der Waals surface area contributed by atoms with E-state index in [9.17, 15) is 0 Å². The molecule has 0 spiro atoms. The summed E-state index contributed by atoms with van der Waals surface area (Å²) >= 11 is 3.99. The van der Waals surface area contributed by atoms with Gasteiger partial charge >= 0.3 is 0 Å². The zero-order chi connectivity index (χ0) is 13.8. The van der Waals surface area contributed by atoms with Gasteiger partial charge in [0.05, 0.1) is 6.04 Å². The zero-order valence-electron chi connectivity index (χ0n) is 11.9. The fourth-order valence-electron chi connectivity index (χ4n) is 2.93. The Kier molecular flexibility index (Phi) is 4.94. The summed E-state index contributed by atoms with van der Waals surface area (Å²) in [4.78, 5) is 4.85. The molecule has 0 bridgehead atoms. The van der Waals surface area contributed by atoms with Crippen LogP contribution in [-0.4, -0.2) is 28.0 Å². The number of aliphatic imine (C=N–C) groups is 1. The monoisotopic (exact) mass is 306 g/mol. The molecule has 1 saturated carbocycles. The van der Waals surface area contributed by atoms with Crippen LogP contribution in [0.2, 0.25) is 0 Å². The molecule has 3 unspecified atom stereocenters. The molecular weight excluding hydrogens is 284 g/mol. The Morgan fingerprint density at radius 1 is 1.30 bits per heavy atom. The van der Waals surface area contributed by atoms with Gasteiger partial charge in [0.15, 0.2) is 5.17 Å². The standard InChI is InChI=1S/C16H22N2S2/c1-2-19-14-9-8-13(10-14)17-16-18-15(11-20-16)12-6-4-3-5-7-12/h3-7,13-15H,2,8-11H2,1H3,(H,17,18). The van der Waals surface area contributed by atoms with Crippen molar-refractivity contribution in [1.82, 2.24) is 5.32 Å². The van der Waals surface area contributed by atoms with Gasteiger partial charge in [0.2, 0.25) is 0 Å². The SMILES string of the molecule is CCSC1CCC(NC2=NC(c3ccccc3)CS2)C1. The minimum atomic E-state index is 0.339. The minimum absolute atomic E-state index is 0.339. The van der Waals surface area contributed by atoms with Crippen LogP contribution in [0.15, 0.2) is 35.3 Å². The van der Waals surface area contributed by atoms with E-state index in [4.69, 9.17) is 4.99 Å². The number of benzene rings is 1. The second kappa shape index (κ2) is 6.90. The third-order valence-electron chi connectivity index (χ3n) is 3.95. The fraction of sp³-hybridized carbons (Fsp3) is 0.562. The zero-order valence-corrected chi connectivity index (χ0v) is 13.6. The van der Waals surface area contributed by atoms with Gasteiger partial charge in [0.25, 0.3) is 0 Å². The molecule has 0 amide bonds.